The molecule has 0 saturated carbocycles. The Labute approximate surface area is 88.1 Å². The zero-order valence-corrected chi connectivity index (χ0v) is 9.15. The summed E-state index contributed by atoms with van der Waals surface area (Å²) in [5.41, 5.74) is 1.77. The number of nitrogens with one attached hydrogen (secondary N) is 2. The normalized spacial score (nSPS) is 9.57. The van der Waals surface area contributed by atoms with E-state index in [-0.39, 0.29) is 0 Å². The molecule has 0 atom stereocenters. The molecule has 0 unspecified atom stereocenters. The quantitative estimate of drug-likeness (QED) is 0.187. The molecule has 6 heteroatoms. The summed E-state index contributed by atoms with van der Waals surface area (Å²) in [6.07, 6.45) is 5.16. The summed E-state index contributed by atoms with van der Waals surface area (Å²) < 4.78 is 0. The summed E-state index contributed by atoms with van der Waals surface area (Å²) in [6, 6.07) is 0. The Morgan fingerprint density at radius 1 is 1.21 bits per heavy atom. The van der Waals surface area contributed by atoms with Crippen LogP contribution in [0.4, 0.5) is 0 Å². The lowest BCUT2D eigenvalue weighted by atomic mass is 10.2. The topological polar surface area (TPSA) is 84.2 Å². The Hall–Kier alpha value is -0.750. The number of amides is 2. The maximum absolute atomic E-state index is 10.9. The molecule has 0 aliphatic heterocycles. The van der Waals surface area contributed by atoms with Gasteiger partial charge in [-0.05, 0) is 24.9 Å². The van der Waals surface area contributed by atoms with Crippen molar-refractivity contribution in [1.29, 1.82) is 0 Å². The first-order valence-corrected chi connectivity index (χ1v) is 5.89. The number of carbonyl (C=O) groups excluding carboxylic acids is 2. The number of hydrazine groups is 1. The van der Waals surface area contributed by atoms with Gasteiger partial charge in [-0.3, -0.25) is 15.0 Å². The molecule has 4 N–H and O–H groups in total. The molecule has 0 aromatic rings. The van der Waals surface area contributed by atoms with Crippen LogP contribution < -0.4 is 16.6 Å². The number of thioether (sulfide) groups is 1. The summed E-state index contributed by atoms with van der Waals surface area (Å²) in [7, 11) is 0. The first kappa shape index (κ1) is 13.2. The second kappa shape index (κ2) is 8.83. The molecule has 0 saturated heterocycles. The van der Waals surface area contributed by atoms with E-state index in [4.69, 9.17) is 5.84 Å². The Kier molecular flexibility index (Phi) is 8.36. The number of unbranched alkanes of at least 4 members (excludes halogenated alkanes) is 2. The maximum atomic E-state index is 10.9. The Bertz CT molecular complexity index is 187. The highest BCUT2D eigenvalue weighted by Crippen LogP contribution is 2.00. The van der Waals surface area contributed by atoms with Crippen LogP contribution in [0.2, 0.25) is 0 Å². The molecule has 0 aromatic carbocycles. The van der Waals surface area contributed by atoms with Crippen molar-refractivity contribution in [3.63, 3.8) is 0 Å². The lowest BCUT2D eigenvalue weighted by Gasteiger charge is -2.03. The molecule has 5 nitrogen and oxygen atoms in total. The number of hydrogen-bond acceptors (Lipinski definition) is 4. The van der Waals surface area contributed by atoms with Gasteiger partial charge in [0.2, 0.25) is 0 Å². The molecule has 0 aliphatic rings. The zero-order valence-electron chi connectivity index (χ0n) is 8.34. The molecule has 0 aromatic heterocycles. The van der Waals surface area contributed by atoms with Crippen LogP contribution in [0.25, 0.3) is 0 Å². The predicted octanol–water partition coefficient (Wildman–Crippen LogP) is -0.374. The van der Waals surface area contributed by atoms with Crippen molar-refractivity contribution in [3.05, 3.63) is 0 Å². The molecule has 82 valence electrons. The van der Waals surface area contributed by atoms with E-state index < -0.39 is 11.8 Å². The van der Waals surface area contributed by atoms with Crippen molar-refractivity contribution >= 4 is 23.6 Å². The molecule has 14 heavy (non-hydrogen) atoms. The summed E-state index contributed by atoms with van der Waals surface area (Å²) in [5, 5.41) is 2.47. The number of hydrogen-bond donors (Lipinski definition) is 3. The molecular formula is C8H17N3O2S. The molecule has 0 spiro atoms. The third kappa shape index (κ3) is 6.73. The van der Waals surface area contributed by atoms with E-state index in [2.05, 4.69) is 11.6 Å². The van der Waals surface area contributed by atoms with Gasteiger partial charge in [-0.1, -0.05) is 6.42 Å². The Morgan fingerprint density at radius 3 is 2.50 bits per heavy atom. The van der Waals surface area contributed by atoms with Gasteiger partial charge in [0.1, 0.15) is 0 Å². The van der Waals surface area contributed by atoms with Crippen LogP contribution in [0.3, 0.4) is 0 Å². The SMILES string of the molecule is CSCCCCCNC(=O)C(=O)NN. The molecule has 2 amide bonds. The van der Waals surface area contributed by atoms with Gasteiger partial charge in [-0.15, -0.1) is 0 Å². The third-order valence-electron chi connectivity index (χ3n) is 1.65. The maximum Gasteiger partial charge on any atom is 0.323 e. The second-order valence-electron chi connectivity index (χ2n) is 2.78. The third-order valence-corrected chi connectivity index (χ3v) is 2.35. The van der Waals surface area contributed by atoms with Crippen molar-refractivity contribution in [2.45, 2.75) is 19.3 Å². The zero-order chi connectivity index (χ0) is 10.8. The van der Waals surface area contributed by atoms with E-state index in [1.165, 1.54) is 0 Å². The fourth-order valence-electron chi connectivity index (χ4n) is 0.896. The van der Waals surface area contributed by atoms with Gasteiger partial charge in [0.05, 0.1) is 0 Å². The monoisotopic (exact) mass is 219 g/mol. The van der Waals surface area contributed by atoms with E-state index in [9.17, 15) is 9.59 Å². The van der Waals surface area contributed by atoms with Gasteiger partial charge in [-0.25, -0.2) is 5.84 Å². The van der Waals surface area contributed by atoms with Crippen LogP contribution >= 0.6 is 11.8 Å². The van der Waals surface area contributed by atoms with Crippen molar-refractivity contribution in [2.75, 3.05) is 18.6 Å². The summed E-state index contributed by atoms with van der Waals surface area (Å²) in [5.74, 6) is 4.45. The highest BCUT2D eigenvalue weighted by Gasteiger charge is 2.09. The van der Waals surface area contributed by atoms with E-state index >= 15 is 0 Å². The van der Waals surface area contributed by atoms with E-state index in [0.717, 1.165) is 25.0 Å². The van der Waals surface area contributed by atoms with Crippen molar-refractivity contribution in [2.24, 2.45) is 5.84 Å². The summed E-state index contributed by atoms with van der Waals surface area (Å²) >= 11 is 1.81. The van der Waals surface area contributed by atoms with E-state index in [0.29, 0.717) is 6.54 Å². The van der Waals surface area contributed by atoms with Crippen LogP contribution in [-0.4, -0.2) is 30.4 Å². The lowest BCUT2D eigenvalue weighted by Crippen LogP contribution is -2.43. The van der Waals surface area contributed by atoms with E-state index in [1.54, 1.807) is 17.2 Å². The average Bonchev–Trinajstić information content (AvgIpc) is 2.21. The van der Waals surface area contributed by atoms with Gasteiger partial charge in [0, 0.05) is 6.54 Å². The fourth-order valence-corrected chi connectivity index (χ4v) is 1.39. The molecule has 0 bridgehead atoms. The Balaban J connectivity index is 3.27. The molecule has 0 fully saturated rings. The first-order valence-electron chi connectivity index (χ1n) is 4.50. The van der Waals surface area contributed by atoms with Crippen LogP contribution in [0.15, 0.2) is 0 Å². The highest BCUT2D eigenvalue weighted by atomic mass is 32.2. The molecular weight excluding hydrogens is 202 g/mol. The molecule has 0 radical (unpaired) electrons. The van der Waals surface area contributed by atoms with Crippen molar-refractivity contribution in [1.82, 2.24) is 10.7 Å². The average molecular weight is 219 g/mol. The standard InChI is InChI=1S/C8H17N3O2S/c1-14-6-4-2-3-5-10-7(12)8(13)11-9/h2-6,9H2,1H3,(H,10,12)(H,11,13). The van der Waals surface area contributed by atoms with Gasteiger partial charge in [0.25, 0.3) is 0 Å². The van der Waals surface area contributed by atoms with Crippen molar-refractivity contribution < 1.29 is 9.59 Å². The summed E-state index contributed by atoms with van der Waals surface area (Å²) in [6.45, 7) is 0.528. The molecule has 0 aliphatic carbocycles. The first-order chi connectivity index (χ1) is 6.72. The predicted molar refractivity (Wildman–Crippen MR) is 57.6 cm³/mol. The van der Waals surface area contributed by atoms with E-state index in [1.807, 2.05) is 0 Å². The minimum Gasteiger partial charge on any atom is -0.348 e. The summed E-state index contributed by atoms with van der Waals surface area (Å²) in [4.78, 5) is 21.5. The number of carbonyl (C=O) groups is 2. The largest absolute Gasteiger partial charge is 0.348 e. The van der Waals surface area contributed by atoms with Gasteiger partial charge in [-0.2, -0.15) is 11.8 Å². The van der Waals surface area contributed by atoms with Gasteiger partial charge >= 0.3 is 11.8 Å². The molecule has 0 rings (SSSR count). The minimum atomic E-state index is -0.797. The van der Waals surface area contributed by atoms with Crippen LogP contribution in [0.1, 0.15) is 19.3 Å². The van der Waals surface area contributed by atoms with Gasteiger partial charge in [0.15, 0.2) is 0 Å². The highest BCUT2D eigenvalue weighted by molar-refractivity contribution is 7.98. The smallest absolute Gasteiger partial charge is 0.323 e. The fraction of sp³-hybridized carbons (Fsp3) is 0.750. The van der Waals surface area contributed by atoms with Crippen LogP contribution in [-0.2, 0) is 9.59 Å². The second-order valence-corrected chi connectivity index (χ2v) is 3.77. The minimum absolute atomic E-state index is 0.528. The van der Waals surface area contributed by atoms with Crippen LogP contribution in [0, 0.1) is 0 Å². The Morgan fingerprint density at radius 2 is 1.93 bits per heavy atom. The molecule has 0 heterocycles. The van der Waals surface area contributed by atoms with Gasteiger partial charge < -0.3 is 5.32 Å². The number of nitrogens with two attached hydrogens (primary N) is 1. The van der Waals surface area contributed by atoms with Crippen molar-refractivity contribution in [3.8, 4) is 0 Å². The number of rotatable bonds is 6. The lowest BCUT2D eigenvalue weighted by molar-refractivity contribution is -0.139. The van der Waals surface area contributed by atoms with Crippen LogP contribution in [0.5, 0.6) is 0 Å².